The van der Waals surface area contributed by atoms with Gasteiger partial charge in [0.1, 0.15) is 0 Å². The summed E-state index contributed by atoms with van der Waals surface area (Å²) in [5.41, 5.74) is 2.18. The van der Waals surface area contributed by atoms with Crippen molar-refractivity contribution in [2.24, 2.45) is 5.92 Å². The normalized spacial score (nSPS) is 16.5. The number of hydrogen-bond donors (Lipinski definition) is 1. The summed E-state index contributed by atoms with van der Waals surface area (Å²) >= 11 is 0. The zero-order chi connectivity index (χ0) is 15.9. The fourth-order valence-corrected chi connectivity index (χ4v) is 2.89. The van der Waals surface area contributed by atoms with Crippen LogP contribution in [0.25, 0.3) is 0 Å². The number of rotatable bonds is 5. The first kappa shape index (κ1) is 16.8. The molecule has 1 fully saturated rings. The standard InChI is InChI=1S/C18H29N3O/c1-4-21(5-2)18(22)19-17-8-6-16(7-9-17)14-20-12-10-15(3)11-13-20/h6-9,15H,4-5,10-14H2,1-3H3,(H,19,22). The summed E-state index contributed by atoms with van der Waals surface area (Å²) in [4.78, 5) is 16.3. The number of carbonyl (C=O) groups is 1. The first-order valence-electron chi connectivity index (χ1n) is 8.49. The number of nitrogens with one attached hydrogen (secondary N) is 1. The lowest BCUT2D eigenvalue weighted by Gasteiger charge is -2.30. The molecule has 0 saturated carbocycles. The van der Waals surface area contributed by atoms with Crippen LogP contribution >= 0.6 is 0 Å². The second kappa shape index (κ2) is 8.18. The predicted octanol–water partition coefficient (Wildman–Crippen LogP) is 3.79. The SMILES string of the molecule is CCN(CC)C(=O)Nc1ccc(CN2CCC(C)CC2)cc1. The molecule has 0 atom stereocenters. The Kier molecular flexibility index (Phi) is 6.25. The largest absolute Gasteiger partial charge is 0.325 e. The van der Waals surface area contributed by atoms with Crippen LogP contribution in [0.5, 0.6) is 0 Å². The third-order valence-corrected chi connectivity index (χ3v) is 4.54. The Morgan fingerprint density at radius 2 is 1.77 bits per heavy atom. The second-order valence-electron chi connectivity index (χ2n) is 6.26. The Bertz CT molecular complexity index is 460. The molecule has 1 heterocycles. The molecule has 0 bridgehead atoms. The molecule has 4 nitrogen and oxygen atoms in total. The highest BCUT2D eigenvalue weighted by atomic mass is 16.2. The van der Waals surface area contributed by atoms with Crippen LogP contribution in [0.2, 0.25) is 0 Å². The maximum absolute atomic E-state index is 12.0. The summed E-state index contributed by atoms with van der Waals surface area (Å²) in [6, 6.07) is 8.22. The Morgan fingerprint density at radius 3 is 2.32 bits per heavy atom. The molecule has 1 aromatic carbocycles. The van der Waals surface area contributed by atoms with Crippen molar-refractivity contribution in [3.8, 4) is 0 Å². The van der Waals surface area contributed by atoms with Gasteiger partial charge in [-0.1, -0.05) is 19.1 Å². The van der Waals surface area contributed by atoms with E-state index < -0.39 is 0 Å². The van der Waals surface area contributed by atoms with Crippen LogP contribution in [0, 0.1) is 5.92 Å². The highest BCUT2D eigenvalue weighted by Crippen LogP contribution is 2.19. The monoisotopic (exact) mass is 303 g/mol. The molecular weight excluding hydrogens is 274 g/mol. The molecule has 1 aliphatic rings. The quantitative estimate of drug-likeness (QED) is 0.898. The first-order valence-corrected chi connectivity index (χ1v) is 8.49. The maximum Gasteiger partial charge on any atom is 0.321 e. The number of nitrogens with zero attached hydrogens (tertiary/aromatic N) is 2. The van der Waals surface area contributed by atoms with Crippen LogP contribution in [-0.2, 0) is 6.54 Å². The van der Waals surface area contributed by atoms with Gasteiger partial charge in [-0.15, -0.1) is 0 Å². The Labute approximate surface area is 134 Å². The molecule has 122 valence electrons. The van der Waals surface area contributed by atoms with Gasteiger partial charge < -0.3 is 10.2 Å². The number of piperidine rings is 1. The molecule has 2 rings (SSSR count). The highest BCUT2D eigenvalue weighted by molar-refractivity contribution is 5.89. The molecule has 22 heavy (non-hydrogen) atoms. The zero-order valence-corrected chi connectivity index (χ0v) is 14.1. The van der Waals surface area contributed by atoms with Gasteiger partial charge >= 0.3 is 6.03 Å². The molecule has 1 N–H and O–H groups in total. The maximum atomic E-state index is 12.0. The number of amides is 2. The number of urea groups is 1. The number of hydrogen-bond acceptors (Lipinski definition) is 2. The Hall–Kier alpha value is -1.55. The van der Waals surface area contributed by atoms with Crippen molar-refractivity contribution in [1.82, 2.24) is 9.80 Å². The lowest BCUT2D eigenvalue weighted by molar-refractivity contribution is 0.185. The van der Waals surface area contributed by atoms with Crippen molar-refractivity contribution >= 4 is 11.7 Å². The van der Waals surface area contributed by atoms with Crippen LogP contribution in [-0.4, -0.2) is 42.0 Å². The van der Waals surface area contributed by atoms with E-state index in [4.69, 9.17) is 0 Å². The molecular formula is C18H29N3O. The summed E-state index contributed by atoms with van der Waals surface area (Å²) < 4.78 is 0. The molecule has 0 aromatic heterocycles. The predicted molar refractivity (Wildman–Crippen MR) is 92.1 cm³/mol. The number of likely N-dealkylation sites (tertiary alicyclic amines) is 1. The van der Waals surface area contributed by atoms with E-state index in [1.54, 1.807) is 4.90 Å². The average Bonchev–Trinajstić information content (AvgIpc) is 2.53. The van der Waals surface area contributed by atoms with E-state index in [1.807, 2.05) is 26.0 Å². The van der Waals surface area contributed by atoms with Gasteiger partial charge in [-0.2, -0.15) is 0 Å². The van der Waals surface area contributed by atoms with Gasteiger partial charge in [0, 0.05) is 25.3 Å². The number of anilines is 1. The van der Waals surface area contributed by atoms with Gasteiger partial charge in [-0.25, -0.2) is 4.79 Å². The lowest BCUT2D eigenvalue weighted by Crippen LogP contribution is -2.34. The fourth-order valence-electron chi connectivity index (χ4n) is 2.89. The lowest BCUT2D eigenvalue weighted by atomic mass is 9.99. The van der Waals surface area contributed by atoms with Crippen molar-refractivity contribution in [3.63, 3.8) is 0 Å². The van der Waals surface area contributed by atoms with E-state index in [-0.39, 0.29) is 6.03 Å². The van der Waals surface area contributed by atoms with Crippen molar-refractivity contribution in [2.75, 3.05) is 31.5 Å². The summed E-state index contributed by atoms with van der Waals surface area (Å²) in [5, 5.41) is 2.95. The third kappa shape index (κ3) is 4.73. The van der Waals surface area contributed by atoms with Gasteiger partial charge in [0.25, 0.3) is 0 Å². The molecule has 4 heteroatoms. The number of carbonyl (C=O) groups excluding carboxylic acids is 1. The summed E-state index contributed by atoms with van der Waals surface area (Å²) in [6.45, 7) is 11.2. The van der Waals surface area contributed by atoms with Gasteiger partial charge in [-0.05, 0) is 63.4 Å². The Morgan fingerprint density at radius 1 is 1.18 bits per heavy atom. The molecule has 0 radical (unpaired) electrons. The fraction of sp³-hybridized carbons (Fsp3) is 0.611. The van der Waals surface area contributed by atoms with Crippen LogP contribution in [0.1, 0.15) is 39.2 Å². The molecule has 2 amide bonds. The van der Waals surface area contributed by atoms with Crippen LogP contribution < -0.4 is 5.32 Å². The summed E-state index contributed by atoms with van der Waals surface area (Å²) in [5.74, 6) is 0.869. The number of benzene rings is 1. The van der Waals surface area contributed by atoms with Gasteiger partial charge in [0.05, 0.1) is 0 Å². The van der Waals surface area contributed by atoms with Crippen LogP contribution in [0.3, 0.4) is 0 Å². The van der Waals surface area contributed by atoms with Gasteiger partial charge in [0.2, 0.25) is 0 Å². The first-order chi connectivity index (χ1) is 10.6. The zero-order valence-electron chi connectivity index (χ0n) is 14.1. The summed E-state index contributed by atoms with van der Waals surface area (Å²) in [6.07, 6.45) is 2.61. The molecule has 0 spiro atoms. The minimum absolute atomic E-state index is 0.0252. The average molecular weight is 303 g/mol. The Balaban J connectivity index is 1.86. The minimum Gasteiger partial charge on any atom is -0.325 e. The molecule has 1 saturated heterocycles. The van der Waals surface area contributed by atoms with Crippen LogP contribution in [0.15, 0.2) is 24.3 Å². The topological polar surface area (TPSA) is 35.6 Å². The van der Waals surface area contributed by atoms with E-state index in [1.165, 1.54) is 31.5 Å². The van der Waals surface area contributed by atoms with Gasteiger partial charge in [-0.3, -0.25) is 4.90 Å². The van der Waals surface area contributed by atoms with Gasteiger partial charge in [0.15, 0.2) is 0 Å². The second-order valence-corrected chi connectivity index (χ2v) is 6.26. The molecule has 1 aromatic rings. The van der Waals surface area contributed by atoms with E-state index >= 15 is 0 Å². The van der Waals surface area contributed by atoms with Crippen molar-refractivity contribution in [3.05, 3.63) is 29.8 Å². The van der Waals surface area contributed by atoms with E-state index in [9.17, 15) is 4.79 Å². The smallest absolute Gasteiger partial charge is 0.321 e. The van der Waals surface area contributed by atoms with Crippen molar-refractivity contribution in [1.29, 1.82) is 0 Å². The van der Waals surface area contributed by atoms with E-state index in [0.717, 1.165) is 31.2 Å². The highest BCUT2D eigenvalue weighted by Gasteiger charge is 2.15. The van der Waals surface area contributed by atoms with Crippen molar-refractivity contribution < 1.29 is 4.79 Å². The molecule has 0 unspecified atom stereocenters. The van der Waals surface area contributed by atoms with E-state index in [2.05, 4.69) is 29.3 Å². The minimum atomic E-state index is -0.0252. The molecule has 1 aliphatic heterocycles. The summed E-state index contributed by atoms with van der Waals surface area (Å²) in [7, 11) is 0. The van der Waals surface area contributed by atoms with Crippen LogP contribution in [0.4, 0.5) is 10.5 Å². The van der Waals surface area contributed by atoms with Crippen molar-refractivity contribution in [2.45, 2.75) is 40.2 Å². The molecule has 0 aliphatic carbocycles. The van der Waals surface area contributed by atoms with E-state index in [0.29, 0.717) is 0 Å². The third-order valence-electron chi connectivity index (χ3n) is 4.54.